The topological polar surface area (TPSA) is 52.7 Å². The number of Topliss-reactive ketones (excluding diaryl/α,β-unsaturated/α-hetero) is 1. The molecule has 2 rings (SSSR count). The number of nitrogens with zero attached hydrogens (tertiary/aromatic N) is 4. The Kier molecular flexibility index (Phi) is 2.85. The molecule has 0 saturated heterocycles. The Morgan fingerprint density at radius 3 is 2.75 bits per heavy atom. The number of imidazole rings is 2. The zero-order valence-corrected chi connectivity index (χ0v) is 9.42. The molecule has 0 fully saturated rings. The van der Waals surface area contributed by atoms with Crippen molar-refractivity contribution in [1.29, 1.82) is 0 Å². The van der Waals surface area contributed by atoms with E-state index in [0.29, 0.717) is 18.5 Å². The highest BCUT2D eigenvalue weighted by Crippen LogP contribution is 2.05. The predicted octanol–water partition coefficient (Wildman–Crippen LogP) is 0.969. The van der Waals surface area contributed by atoms with Gasteiger partial charge in [0.25, 0.3) is 0 Å². The highest BCUT2D eigenvalue weighted by atomic mass is 16.1. The van der Waals surface area contributed by atoms with E-state index in [1.807, 2.05) is 24.9 Å². The minimum Gasteiger partial charge on any atom is -0.338 e. The summed E-state index contributed by atoms with van der Waals surface area (Å²) in [6.07, 6.45) is 7.97. The summed E-state index contributed by atoms with van der Waals surface area (Å²) in [4.78, 5) is 19.9. The molecule has 2 aromatic heterocycles. The molecule has 0 aromatic carbocycles. The molecule has 2 aromatic rings. The van der Waals surface area contributed by atoms with E-state index in [1.54, 1.807) is 23.3 Å². The predicted molar refractivity (Wildman–Crippen MR) is 59.1 cm³/mol. The fourth-order valence-corrected chi connectivity index (χ4v) is 1.62. The van der Waals surface area contributed by atoms with Crippen LogP contribution in [0.2, 0.25) is 0 Å². The highest BCUT2D eigenvalue weighted by Gasteiger charge is 2.11. The van der Waals surface area contributed by atoms with Gasteiger partial charge >= 0.3 is 0 Å². The number of hydrogen-bond acceptors (Lipinski definition) is 3. The van der Waals surface area contributed by atoms with Gasteiger partial charge in [-0.1, -0.05) is 0 Å². The van der Waals surface area contributed by atoms with Gasteiger partial charge in [0.1, 0.15) is 11.5 Å². The minimum absolute atomic E-state index is 0.100. The number of aromatic nitrogens is 4. The number of hydrogen-bond donors (Lipinski definition) is 0. The molecule has 5 heteroatoms. The van der Waals surface area contributed by atoms with Gasteiger partial charge < -0.3 is 9.13 Å². The molecule has 5 nitrogen and oxygen atoms in total. The first-order valence-electron chi connectivity index (χ1n) is 5.14. The highest BCUT2D eigenvalue weighted by molar-refractivity contribution is 5.94. The summed E-state index contributed by atoms with van der Waals surface area (Å²) in [6, 6.07) is 0. The van der Waals surface area contributed by atoms with Gasteiger partial charge in [-0.25, -0.2) is 9.97 Å². The third-order valence-electron chi connectivity index (χ3n) is 2.60. The summed E-state index contributed by atoms with van der Waals surface area (Å²) in [5, 5.41) is 0. The van der Waals surface area contributed by atoms with E-state index in [9.17, 15) is 4.79 Å². The molecule has 0 saturated carbocycles. The van der Waals surface area contributed by atoms with E-state index in [0.717, 1.165) is 5.82 Å². The van der Waals surface area contributed by atoms with Gasteiger partial charge in [0.05, 0.1) is 12.5 Å². The van der Waals surface area contributed by atoms with Crippen LogP contribution in [0.1, 0.15) is 22.7 Å². The second-order valence-corrected chi connectivity index (χ2v) is 3.77. The number of carbonyl (C=O) groups is 1. The number of aryl methyl sites for hydroxylation is 3. The third kappa shape index (κ3) is 2.03. The summed E-state index contributed by atoms with van der Waals surface area (Å²) >= 11 is 0. The fourth-order valence-electron chi connectivity index (χ4n) is 1.62. The van der Waals surface area contributed by atoms with Crippen LogP contribution in [0.3, 0.4) is 0 Å². The van der Waals surface area contributed by atoms with E-state index in [-0.39, 0.29) is 5.78 Å². The average Bonchev–Trinajstić information content (AvgIpc) is 2.84. The van der Waals surface area contributed by atoms with Crippen LogP contribution in [0.25, 0.3) is 0 Å². The van der Waals surface area contributed by atoms with Crippen LogP contribution in [-0.4, -0.2) is 24.9 Å². The van der Waals surface area contributed by atoms with E-state index < -0.39 is 0 Å². The van der Waals surface area contributed by atoms with Crippen molar-refractivity contribution in [3.8, 4) is 0 Å². The lowest BCUT2D eigenvalue weighted by atomic mass is 10.1. The van der Waals surface area contributed by atoms with Crippen molar-refractivity contribution in [1.82, 2.24) is 19.1 Å². The lowest BCUT2D eigenvalue weighted by Gasteiger charge is -2.02. The van der Waals surface area contributed by atoms with Crippen molar-refractivity contribution in [3.05, 3.63) is 36.4 Å². The van der Waals surface area contributed by atoms with Gasteiger partial charge in [0.2, 0.25) is 0 Å². The van der Waals surface area contributed by atoms with Crippen LogP contribution in [0.5, 0.6) is 0 Å². The Bertz CT molecular complexity index is 498. The maximum Gasteiger partial charge on any atom is 0.181 e. The van der Waals surface area contributed by atoms with Gasteiger partial charge in [-0.15, -0.1) is 0 Å². The smallest absolute Gasteiger partial charge is 0.181 e. The fraction of sp³-hybridized carbons (Fsp3) is 0.364. The van der Waals surface area contributed by atoms with Crippen LogP contribution in [0.15, 0.2) is 24.9 Å². The summed E-state index contributed by atoms with van der Waals surface area (Å²) in [7, 11) is 3.75. The molecule has 0 amide bonds. The van der Waals surface area contributed by atoms with Gasteiger partial charge in [-0.05, 0) is 0 Å². The van der Waals surface area contributed by atoms with Crippen molar-refractivity contribution in [3.63, 3.8) is 0 Å². The van der Waals surface area contributed by atoms with E-state index in [1.165, 1.54) is 0 Å². The van der Waals surface area contributed by atoms with Crippen LogP contribution < -0.4 is 0 Å². The average molecular weight is 218 g/mol. The van der Waals surface area contributed by atoms with Gasteiger partial charge in [0.15, 0.2) is 5.78 Å². The number of ketones is 1. The molecule has 0 spiro atoms. The number of rotatable bonds is 4. The number of carbonyl (C=O) groups excluding carboxylic acids is 1. The Morgan fingerprint density at radius 2 is 2.19 bits per heavy atom. The molecule has 0 radical (unpaired) electrons. The molecule has 2 heterocycles. The van der Waals surface area contributed by atoms with Gasteiger partial charge in [-0.3, -0.25) is 4.79 Å². The Labute approximate surface area is 93.8 Å². The van der Waals surface area contributed by atoms with E-state index >= 15 is 0 Å². The molecular weight excluding hydrogens is 204 g/mol. The van der Waals surface area contributed by atoms with Crippen molar-refractivity contribution in [2.75, 3.05) is 0 Å². The second-order valence-electron chi connectivity index (χ2n) is 3.77. The summed E-state index contributed by atoms with van der Waals surface area (Å²) in [6.45, 7) is 0. The summed E-state index contributed by atoms with van der Waals surface area (Å²) in [5.41, 5.74) is 0.647. The Hall–Kier alpha value is -1.91. The maximum absolute atomic E-state index is 11.8. The Morgan fingerprint density at radius 1 is 1.38 bits per heavy atom. The molecular formula is C11H14N4O. The molecule has 0 bridgehead atoms. The molecule has 0 aliphatic carbocycles. The molecule has 16 heavy (non-hydrogen) atoms. The molecule has 0 atom stereocenters. The van der Waals surface area contributed by atoms with E-state index in [2.05, 4.69) is 9.97 Å². The van der Waals surface area contributed by atoms with Gasteiger partial charge in [-0.2, -0.15) is 0 Å². The molecule has 0 N–H and O–H groups in total. The standard InChI is InChI=1S/C11H14N4O/c1-14-6-5-13-11(14)4-3-10(16)9-7-12-8-15(9)2/h5-8H,3-4H2,1-2H3. The van der Waals surface area contributed by atoms with Crippen molar-refractivity contribution >= 4 is 5.78 Å². The first kappa shape index (κ1) is 10.6. The molecule has 0 aliphatic heterocycles. The quantitative estimate of drug-likeness (QED) is 0.718. The normalized spacial score (nSPS) is 10.6. The minimum atomic E-state index is 0.100. The van der Waals surface area contributed by atoms with Crippen molar-refractivity contribution < 1.29 is 4.79 Å². The largest absolute Gasteiger partial charge is 0.338 e. The SMILES string of the molecule is Cn1cncc1C(=O)CCc1nccn1C. The van der Waals surface area contributed by atoms with E-state index in [4.69, 9.17) is 0 Å². The van der Waals surface area contributed by atoms with Gasteiger partial charge in [0, 0.05) is 39.3 Å². The molecule has 0 unspecified atom stereocenters. The maximum atomic E-state index is 11.8. The zero-order chi connectivity index (χ0) is 11.5. The lowest BCUT2D eigenvalue weighted by molar-refractivity contribution is 0.0974. The molecule has 84 valence electrons. The van der Waals surface area contributed by atoms with Crippen LogP contribution in [0.4, 0.5) is 0 Å². The van der Waals surface area contributed by atoms with Crippen molar-refractivity contribution in [2.45, 2.75) is 12.8 Å². The van der Waals surface area contributed by atoms with Crippen LogP contribution >= 0.6 is 0 Å². The summed E-state index contributed by atoms with van der Waals surface area (Å²) in [5.74, 6) is 1.03. The first-order chi connectivity index (χ1) is 7.68. The van der Waals surface area contributed by atoms with Crippen molar-refractivity contribution in [2.24, 2.45) is 14.1 Å². The van der Waals surface area contributed by atoms with Crippen LogP contribution in [0, 0.1) is 0 Å². The lowest BCUT2D eigenvalue weighted by Crippen LogP contribution is -2.08. The monoisotopic (exact) mass is 218 g/mol. The van der Waals surface area contributed by atoms with Crippen LogP contribution in [-0.2, 0) is 20.5 Å². The third-order valence-corrected chi connectivity index (χ3v) is 2.60. The molecule has 0 aliphatic rings. The zero-order valence-electron chi connectivity index (χ0n) is 9.42. The summed E-state index contributed by atoms with van der Waals surface area (Å²) < 4.78 is 3.66. The second kappa shape index (κ2) is 4.30. The first-order valence-corrected chi connectivity index (χ1v) is 5.14. The Balaban J connectivity index is 1.99.